The first kappa shape index (κ1) is 12.2. The Morgan fingerprint density at radius 1 is 1.25 bits per heavy atom. The van der Waals surface area contributed by atoms with E-state index in [0.717, 1.165) is 6.07 Å². The zero-order valence-electron chi connectivity index (χ0n) is 8.38. The molecule has 1 rings (SSSR count). The van der Waals surface area contributed by atoms with Crippen molar-refractivity contribution in [2.45, 2.75) is 6.04 Å². The van der Waals surface area contributed by atoms with E-state index in [0.29, 0.717) is 5.56 Å². The number of carboxylic acid groups (broad SMARTS) is 2. The maximum atomic E-state index is 10.9. The first-order valence-corrected chi connectivity index (χ1v) is 4.53. The maximum absolute atomic E-state index is 10.9. The van der Waals surface area contributed by atoms with Crippen LogP contribution in [0, 0.1) is 0 Å². The van der Waals surface area contributed by atoms with E-state index in [2.05, 4.69) is 0 Å². The summed E-state index contributed by atoms with van der Waals surface area (Å²) in [4.78, 5) is 21.6. The molecule has 1 aromatic rings. The lowest BCUT2D eigenvalue weighted by molar-refractivity contribution is 0.0695. The molecular formula is C10H12N2O4. The summed E-state index contributed by atoms with van der Waals surface area (Å²) in [6, 6.07) is 3.15. The Morgan fingerprint density at radius 2 is 1.88 bits per heavy atom. The number of hydrogen-bond donors (Lipinski definition) is 4. The van der Waals surface area contributed by atoms with Crippen LogP contribution in [0.25, 0.3) is 0 Å². The first-order chi connectivity index (χ1) is 7.47. The van der Waals surface area contributed by atoms with Crippen molar-refractivity contribution in [3.05, 3.63) is 34.9 Å². The minimum atomic E-state index is -1.22. The van der Waals surface area contributed by atoms with Crippen LogP contribution in [0.2, 0.25) is 0 Å². The molecule has 0 aromatic heterocycles. The molecule has 0 heterocycles. The van der Waals surface area contributed by atoms with E-state index in [-0.39, 0.29) is 17.7 Å². The Balaban J connectivity index is 3.30. The summed E-state index contributed by atoms with van der Waals surface area (Å²) < 4.78 is 0. The molecule has 0 aliphatic carbocycles. The normalized spacial score (nSPS) is 12.1. The van der Waals surface area contributed by atoms with Crippen molar-refractivity contribution in [3.8, 4) is 0 Å². The zero-order valence-corrected chi connectivity index (χ0v) is 8.38. The van der Waals surface area contributed by atoms with Crippen LogP contribution in [0.4, 0.5) is 0 Å². The van der Waals surface area contributed by atoms with Crippen molar-refractivity contribution in [3.63, 3.8) is 0 Å². The van der Waals surface area contributed by atoms with Gasteiger partial charge in [-0.25, -0.2) is 9.59 Å². The molecule has 16 heavy (non-hydrogen) atoms. The highest BCUT2D eigenvalue weighted by Crippen LogP contribution is 2.17. The fourth-order valence-electron chi connectivity index (χ4n) is 1.32. The topological polar surface area (TPSA) is 127 Å². The van der Waals surface area contributed by atoms with E-state index in [4.69, 9.17) is 21.7 Å². The summed E-state index contributed by atoms with van der Waals surface area (Å²) >= 11 is 0. The molecule has 6 nitrogen and oxygen atoms in total. The number of benzene rings is 1. The van der Waals surface area contributed by atoms with Gasteiger partial charge in [-0.2, -0.15) is 0 Å². The van der Waals surface area contributed by atoms with Gasteiger partial charge in [-0.15, -0.1) is 0 Å². The van der Waals surface area contributed by atoms with Crippen LogP contribution in [0.3, 0.4) is 0 Å². The van der Waals surface area contributed by atoms with Gasteiger partial charge in [0.1, 0.15) is 0 Å². The third-order valence-corrected chi connectivity index (χ3v) is 2.18. The highest BCUT2D eigenvalue weighted by atomic mass is 16.4. The van der Waals surface area contributed by atoms with Crippen LogP contribution in [0.15, 0.2) is 18.2 Å². The minimum Gasteiger partial charge on any atom is -0.478 e. The Hall–Kier alpha value is -1.92. The number of aromatic carboxylic acids is 2. The Labute approximate surface area is 91.5 Å². The summed E-state index contributed by atoms with van der Waals surface area (Å²) in [5, 5.41) is 17.7. The van der Waals surface area contributed by atoms with Crippen LogP contribution in [-0.4, -0.2) is 28.7 Å². The summed E-state index contributed by atoms with van der Waals surface area (Å²) in [5.74, 6) is -2.41. The van der Waals surface area contributed by atoms with Gasteiger partial charge in [0.15, 0.2) is 0 Å². The average molecular weight is 224 g/mol. The molecule has 6 heteroatoms. The molecule has 0 radical (unpaired) electrons. The molecule has 0 spiro atoms. The van der Waals surface area contributed by atoms with Crippen LogP contribution in [-0.2, 0) is 0 Å². The molecule has 0 bridgehead atoms. The van der Waals surface area contributed by atoms with Gasteiger partial charge in [0.25, 0.3) is 0 Å². The van der Waals surface area contributed by atoms with E-state index in [1.54, 1.807) is 0 Å². The predicted molar refractivity (Wildman–Crippen MR) is 56.3 cm³/mol. The van der Waals surface area contributed by atoms with Crippen LogP contribution >= 0.6 is 0 Å². The first-order valence-electron chi connectivity index (χ1n) is 4.53. The van der Waals surface area contributed by atoms with E-state index < -0.39 is 18.0 Å². The SMILES string of the molecule is NC[C@H](N)c1ccc(C(=O)O)cc1C(=O)O. The Kier molecular flexibility index (Phi) is 3.60. The number of rotatable bonds is 4. The van der Waals surface area contributed by atoms with Crippen molar-refractivity contribution < 1.29 is 19.8 Å². The lowest BCUT2D eigenvalue weighted by Crippen LogP contribution is -2.23. The maximum Gasteiger partial charge on any atom is 0.336 e. The van der Waals surface area contributed by atoms with Crippen LogP contribution in [0.5, 0.6) is 0 Å². The molecule has 0 saturated heterocycles. The quantitative estimate of drug-likeness (QED) is 0.572. The highest BCUT2D eigenvalue weighted by Gasteiger charge is 2.17. The highest BCUT2D eigenvalue weighted by molar-refractivity contribution is 5.95. The van der Waals surface area contributed by atoms with Crippen molar-refractivity contribution in [1.29, 1.82) is 0 Å². The van der Waals surface area contributed by atoms with Crippen molar-refractivity contribution in [2.24, 2.45) is 11.5 Å². The Morgan fingerprint density at radius 3 is 2.31 bits per heavy atom. The van der Waals surface area contributed by atoms with Gasteiger partial charge in [-0.1, -0.05) is 6.07 Å². The standard InChI is InChI=1S/C10H12N2O4/c11-4-8(12)6-2-1-5(9(13)14)3-7(6)10(15)16/h1-3,8H,4,11-12H2,(H,13,14)(H,15,16)/t8-/m0/s1. The van der Waals surface area contributed by atoms with Crippen molar-refractivity contribution in [2.75, 3.05) is 6.54 Å². The molecule has 6 N–H and O–H groups in total. The van der Waals surface area contributed by atoms with Crippen molar-refractivity contribution in [1.82, 2.24) is 0 Å². The zero-order chi connectivity index (χ0) is 12.3. The van der Waals surface area contributed by atoms with Gasteiger partial charge in [0, 0.05) is 12.6 Å². The van der Waals surface area contributed by atoms with E-state index >= 15 is 0 Å². The smallest absolute Gasteiger partial charge is 0.336 e. The van der Waals surface area contributed by atoms with Crippen LogP contribution < -0.4 is 11.5 Å². The van der Waals surface area contributed by atoms with Gasteiger partial charge in [0.05, 0.1) is 11.1 Å². The van der Waals surface area contributed by atoms with E-state index in [1.807, 2.05) is 0 Å². The molecule has 0 amide bonds. The number of carbonyl (C=O) groups is 2. The van der Waals surface area contributed by atoms with Crippen molar-refractivity contribution >= 4 is 11.9 Å². The molecule has 0 saturated carbocycles. The fourth-order valence-corrected chi connectivity index (χ4v) is 1.32. The minimum absolute atomic E-state index is 0.0900. The monoisotopic (exact) mass is 224 g/mol. The van der Waals surface area contributed by atoms with Gasteiger partial charge in [0.2, 0.25) is 0 Å². The number of carboxylic acids is 2. The van der Waals surface area contributed by atoms with Gasteiger partial charge >= 0.3 is 11.9 Å². The van der Waals surface area contributed by atoms with Gasteiger partial charge in [-0.3, -0.25) is 0 Å². The lowest BCUT2D eigenvalue weighted by atomic mass is 9.98. The number of hydrogen-bond acceptors (Lipinski definition) is 4. The second-order valence-electron chi connectivity index (χ2n) is 3.25. The largest absolute Gasteiger partial charge is 0.478 e. The summed E-state index contributed by atoms with van der Waals surface area (Å²) in [7, 11) is 0. The van der Waals surface area contributed by atoms with Crippen LogP contribution in [0.1, 0.15) is 32.3 Å². The molecule has 0 aliphatic rings. The van der Waals surface area contributed by atoms with Gasteiger partial charge < -0.3 is 21.7 Å². The second kappa shape index (κ2) is 4.73. The predicted octanol–water partition coefficient (Wildman–Crippen LogP) is 0.0415. The summed E-state index contributed by atoms with van der Waals surface area (Å²) in [6.07, 6.45) is 0. The molecule has 86 valence electrons. The second-order valence-corrected chi connectivity index (χ2v) is 3.25. The molecule has 1 aromatic carbocycles. The molecule has 1 atom stereocenters. The third kappa shape index (κ3) is 2.36. The molecule has 0 unspecified atom stereocenters. The van der Waals surface area contributed by atoms with Gasteiger partial charge in [-0.05, 0) is 17.7 Å². The number of nitrogens with two attached hydrogens (primary N) is 2. The molecule has 0 aliphatic heterocycles. The lowest BCUT2D eigenvalue weighted by Gasteiger charge is -2.12. The fraction of sp³-hybridized carbons (Fsp3) is 0.200. The summed E-state index contributed by atoms with van der Waals surface area (Å²) in [5.41, 5.74) is 11.1. The molecular weight excluding hydrogens is 212 g/mol. The Bertz CT molecular complexity index is 431. The third-order valence-electron chi connectivity index (χ3n) is 2.18. The summed E-state index contributed by atoms with van der Waals surface area (Å²) in [6.45, 7) is 0.0900. The van der Waals surface area contributed by atoms with E-state index in [1.165, 1.54) is 12.1 Å². The average Bonchev–Trinajstić information content (AvgIpc) is 2.26. The molecule has 0 fully saturated rings. The van der Waals surface area contributed by atoms with E-state index in [9.17, 15) is 9.59 Å².